The zero-order valence-electron chi connectivity index (χ0n) is 8.86. The van der Waals surface area contributed by atoms with Crippen molar-refractivity contribution in [3.63, 3.8) is 0 Å². The molecule has 7 nitrogen and oxygen atoms in total. The molecular formula is C10H7N3O4S. The van der Waals surface area contributed by atoms with Crippen molar-refractivity contribution in [3.05, 3.63) is 51.0 Å². The van der Waals surface area contributed by atoms with Crippen molar-refractivity contribution in [3.8, 4) is 0 Å². The van der Waals surface area contributed by atoms with Gasteiger partial charge in [0.25, 0.3) is 5.69 Å². The Labute approximate surface area is 106 Å². The summed E-state index contributed by atoms with van der Waals surface area (Å²) in [4.78, 5) is 24.8. The lowest BCUT2D eigenvalue weighted by Crippen LogP contribution is -2.14. The molecule has 0 spiro atoms. The lowest BCUT2D eigenvalue weighted by molar-refractivity contribution is -0.385. The molecule has 0 aliphatic carbocycles. The highest BCUT2D eigenvalue weighted by molar-refractivity contribution is 8.02. The first-order valence-corrected chi connectivity index (χ1v) is 5.59. The maximum absolute atomic E-state index is 10.8. The monoisotopic (exact) mass is 265 g/mol. The Morgan fingerprint density at radius 2 is 2.22 bits per heavy atom. The number of nitro benzene ring substituents is 1. The number of aliphatic imine (C=N–C) groups is 1. The Morgan fingerprint density at radius 1 is 1.50 bits per heavy atom. The standard InChI is InChI=1S/C10H7N3O4S/c14-9(15)5-8-11-10(12-18-8)6-3-1-2-4-7(6)13(16)17/h1-5H,(H,11,12)(H,14,15)/b8-5+. The van der Waals surface area contributed by atoms with Gasteiger partial charge in [-0.2, -0.15) is 0 Å². The number of carboxylic acids is 1. The van der Waals surface area contributed by atoms with E-state index in [0.29, 0.717) is 5.56 Å². The van der Waals surface area contributed by atoms with Gasteiger partial charge < -0.3 is 9.83 Å². The smallest absolute Gasteiger partial charge is 0.331 e. The van der Waals surface area contributed by atoms with Gasteiger partial charge in [-0.05, 0) is 6.07 Å². The minimum Gasteiger partial charge on any atom is -0.478 e. The fraction of sp³-hybridized carbons (Fsp3) is 0. The van der Waals surface area contributed by atoms with Gasteiger partial charge in [-0.25, -0.2) is 9.79 Å². The molecule has 1 aliphatic rings. The van der Waals surface area contributed by atoms with Gasteiger partial charge in [-0.3, -0.25) is 10.1 Å². The molecule has 0 unspecified atom stereocenters. The molecule has 2 rings (SSSR count). The molecular weight excluding hydrogens is 258 g/mol. The third kappa shape index (κ3) is 2.48. The van der Waals surface area contributed by atoms with Crippen LogP contribution in [-0.2, 0) is 4.79 Å². The van der Waals surface area contributed by atoms with Gasteiger partial charge in [0.1, 0.15) is 5.03 Å². The number of nitrogens with one attached hydrogen (secondary N) is 1. The Balaban J connectivity index is 2.40. The van der Waals surface area contributed by atoms with Gasteiger partial charge in [-0.15, -0.1) is 0 Å². The van der Waals surface area contributed by atoms with Crippen molar-refractivity contribution in [2.24, 2.45) is 4.99 Å². The molecule has 1 aromatic rings. The number of nitrogens with zero attached hydrogens (tertiary/aromatic N) is 2. The van der Waals surface area contributed by atoms with Crippen LogP contribution < -0.4 is 4.72 Å². The number of hydrogen-bond donors (Lipinski definition) is 2. The fourth-order valence-electron chi connectivity index (χ4n) is 1.37. The van der Waals surface area contributed by atoms with E-state index in [1.165, 1.54) is 6.07 Å². The number of carbonyl (C=O) groups is 1. The van der Waals surface area contributed by atoms with Gasteiger partial charge >= 0.3 is 5.97 Å². The first kappa shape index (κ1) is 12.1. The highest BCUT2D eigenvalue weighted by Gasteiger charge is 2.22. The molecule has 92 valence electrons. The van der Waals surface area contributed by atoms with Crippen LogP contribution in [0.1, 0.15) is 5.56 Å². The van der Waals surface area contributed by atoms with Gasteiger partial charge in [0.2, 0.25) is 0 Å². The van der Waals surface area contributed by atoms with E-state index in [4.69, 9.17) is 5.11 Å². The van der Waals surface area contributed by atoms with Crippen LogP contribution in [0.5, 0.6) is 0 Å². The Hall–Kier alpha value is -2.35. The molecule has 0 amide bonds. The zero-order chi connectivity index (χ0) is 13.1. The Kier molecular flexibility index (Phi) is 3.28. The van der Waals surface area contributed by atoms with E-state index in [0.717, 1.165) is 18.0 Å². The lowest BCUT2D eigenvalue weighted by atomic mass is 10.1. The van der Waals surface area contributed by atoms with Crippen LogP contribution in [-0.4, -0.2) is 21.8 Å². The normalized spacial score (nSPS) is 16.2. The van der Waals surface area contributed by atoms with E-state index in [1.807, 2.05) is 0 Å². The third-order valence-electron chi connectivity index (χ3n) is 2.08. The fourth-order valence-corrected chi connectivity index (χ4v) is 2.03. The van der Waals surface area contributed by atoms with E-state index >= 15 is 0 Å². The van der Waals surface area contributed by atoms with Crippen molar-refractivity contribution in [1.82, 2.24) is 4.72 Å². The molecule has 0 aromatic heterocycles. The second-order valence-corrected chi connectivity index (χ2v) is 4.09. The van der Waals surface area contributed by atoms with E-state index in [9.17, 15) is 14.9 Å². The number of nitro groups is 1. The molecule has 1 aromatic carbocycles. The van der Waals surface area contributed by atoms with Gasteiger partial charge in [0.05, 0.1) is 16.6 Å². The van der Waals surface area contributed by atoms with Gasteiger partial charge in [0.15, 0.2) is 5.84 Å². The van der Waals surface area contributed by atoms with Crippen molar-refractivity contribution >= 4 is 29.4 Å². The van der Waals surface area contributed by atoms with Crippen molar-refractivity contribution in [2.45, 2.75) is 0 Å². The van der Waals surface area contributed by atoms with Gasteiger partial charge in [-0.1, -0.05) is 12.1 Å². The summed E-state index contributed by atoms with van der Waals surface area (Å²) in [6.45, 7) is 0. The Bertz CT molecular complexity index is 582. The topological polar surface area (TPSA) is 105 Å². The second kappa shape index (κ2) is 4.88. The van der Waals surface area contributed by atoms with Crippen LogP contribution in [0.15, 0.2) is 40.4 Å². The van der Waals surface area contributed by atoms with Crippen LogP contribution in [0, 0.1) is 10.1 Å². The number of amidine groups is 1. The van der Waals surface area contributed by atoms with E-state index in [-0.39, 0.29) is 16.6 Å². The average molecular weight is 265 g/mol. The van der Waals surface area contributed by atoms with Crippen molar-refractivity contribution in [1.29, 1.82) is 0 Å². The summed E-state index contributed by atoms with van der Waals surface area (Å²) in [5.41, 5.74) is 0.240. The van der Waals surface area contributed by atoms with Crippen LogP contribution in [0.2, 0.25) is 0 Å². The molecule has 18 heavy (non-hydrogen) atoms. The molecule has 0 radical (unpaired) electrons. The maximum Gasteiger partial charge on any atom is 0.331 e. The number of rotatable bonds is 3. The molecule has 0 fully saturated rings. The minimum atomic E-state index is -1.12. The maximum atomic E-state index is 10.8. The molecule has 0 bridgehead atoms. The first-order chi connectivity index (χ1) is 8.58. The third-order valence-corrected chi connectivity index (χ3v) is 2.79. The predicted molar refractivity (Wildman–Crippen MR) is 66.1 cm³/mol. The highest BCUT2D eigenvalue weighted by atomic mass is 32.2. The molecule has 8 heteroatoms. The summed E-state index contributed by atoms with van der Waals surface area (Å²) in [5.74, 6) is -0.841. The number of aliphatic carboxylic acids is 1. The minimum absolute atomic E-state index is 0.0825. The summed E-state index contributed by atoms with van der Waals surface area (Å²) in [6, 6.07) is 6.12. The lowest BCUT2D eigenvalue weighted by Gasteiger charge is -2.01. The Morgan fingerprint density at radius 3 is 2.89 bits per heavy atom. The number of benzene rings is 1. The average Bonchev–Trinajstić information content (AvgIpc) is 2.76. The largest absolute Gasteiger partial charge is 0.478 e. The van der Waals surface area contributed by atoms with Crippen LogP contribution in [0.25, 0.3) is 0 Å². The van der Waals surface area contributed by atoms with E-state index < -0.39 is 10.9 Å². The quantitative estimate of drug-likeness (QED) is 0.371. The highest BCUT2D eigenvalue weighted by Crippen LogP contribution is 2.26. The summed E-state index contributed by atoms with van der Waals surface area (Å²) in [7, 11) is 0. The van der Waals surface area contributed by atoms with Gasteiger partial charge in [0, 0.05) is 18.0 Å². The number of carboxylic acid groups (broad SMARTS) is 1. The second-order valence-electron chi connectivity index (χ2n) is 3.26. The number of para-hydroxylation sites is 1. The summed E-state index contributed by atoms with van der Waals surface area (Å²) >= 11 is 0.998. The van der Waals surface area contributed by atoms with Crippen molar-refractivity contribution in [2.75, 3.05) is 0 Å². The number of hydrogen-bond acceptors (Lipinski definition) is 6. The first-order valence-electron chi connectivity index (χ1n) is 4.78. The van der Waals surface area contributed by atoms with Crippen LogP contribution in [0.4, 0.5) is 5.69 Å². The molecule has 0 atom stereocenters. The summed E-state index contributed by atoms with van der Waals surface area (Å²) < 4.78 is 2.75. The molecule has 0 saturated heterocycles. The predicted octanol–water partition coefficient (Wildman–Crippen LogP) is 1.52. The molecule has 1 heterocycles. The van der Waals surface area contributed by atoms with E-state index in [2.05, 4.69) is 9.71 Å². The van der Waals surface area contributed by atoms with Crippen LogP contribution in [0.3, 0.4) is 0 Å². The van der Waals surface area contributed by atoms with Crippen molar-refractivity contribution < 1.29 is 14.8 Å². The van der Waals surface area contributed by atoms with E-state index in [1.54, 1.807) is 18.2 Å². The SMILES string of the molecule is O=C(O)/C=C1\N=C(c2ccccc2[N+](=O)[O-])NS1. The molecule has 1 aliphatic heterocycles. The zero-order valence-corrected chi connectivity index (χ0v) is 9.68. The molecule has 2 N–H and O–H groups in total. The summed E-state index contributed by atoms with van der Waals surface area (Å²) in [6.07, 6.45) is 0.930. The summed E-state index contributed by atoms with van der Waals surface area (Å²) in [5, 5.41) is 19.7. The molecule has 0 saturated carbocycles. The van der Waals surface area contributed by atoms with Crippen LogP contribution >= 0.6 is 11.9 Å².